The Bertz CT molecular complexity index is 834. The highest BCUT2D eigenvalue weighted by atomic mass is 35.5. The number of anilines is 1. The number of nitrogens with one attached hydrogen (secondary N) is 2. The molecule has 0 aliphatic heterocycles. The lowest BCUT2D eigenvalue weighted by molar-refractivity contribution is -0.108. The zero-order chi connectivity index (χ0) is 17.1. The third-order valence-electron chi connectivity index (χ3n) is 3.13. The number of carbonyl (C=O) groups is 2. The van der Waals surface area contributed by atoms with Crippen LogP contribution in [0.2, 0.25) is 5.02 Å². The normalized spacial score (nSPS) is 12.0. The highest BCUT2D eigenvalue weighted by Gasteiger charge is 2.21. The lowest BCUT2D eigenvalue weighted by Gasteiger charge is -2.14. The second-order valence-electron chi connectivity index (χ2n) is 4.79. The molecule has 0 spiro atoms. The van der Waals surface area contributed by atoms with Crippen LogP contribution in [0.3, 0.4) is 0 Å². The number of benzene rings is 1. The number of aromatic nitrogens is 1. The Morgan fingerprint density at radius 3 is 2.87 bits per heavy atom. The van der Waals surface area contributed by atoms with Gasteiger partial charge in [0.05, 0.1) is 34.3 Å². The maximum Gasteiger partial charge on any atom is 0.343 e. The van der Waals surface area contributed by atoms with Gasteiger partial charge in [-0.25, -0.2) is 9.18 Å². The van der Waals surface area contributed by atoms with Gasteiger partial charge in [0, 0.05) is 6.20 Å². The molecule has 8 heteroatoms. The highest BCUT2D eigenvalue weighted by molar-refractivity contribution is 6.32. The molecule has 0 aliphatic carbocycles. The summed E-state index contributed by atoms with van der Waals surface area (Å²) in [5.41, 5.74) is -0.981. The van der Waals surface area contributed by atoms with E-state index >= 15 is 0 Å². The van der Waals surface area contributed by atoms with Crippen molar-refractivity contribution in [2.45, 2.75) is 19.9 Å². The minimum Gasteiger partial charge on any atom is -0.462 e. The molecule has 0 saturated heterocycles. The predicted molar refractivity (Wildman–Crippen MR) is 84.6 cm³/mol. The van der Waals surface area contributed by atoms with Crippen molar-refractivity contribution in [1.29, 1.82) is 0 Å². The van der Waals surface area contributed by atoms with Gasteiger partial charge in [-0.1, -0.05) is 11.6 Å². The largest absolute Gasteiger partial charge is 0.462 e. The number of rotatable bonds is 5. The summed E-state index contributed by atoms with van der Waals surface area (Å²) < 4.78 is 19.1. The van der Waals surface area contributed by atoms with Crippen molar-refractivity contribution < 1.29 is 18.7 Å². The number of aldehydes is 1. The van der Waals surface area contributed by atoms with Gasteiger partial charge >= 0.3 is 5.97 Å². The van der Waals surface area contributed by atoms with Gasteiger partial charge in [0.15, 0.2) is 5.82 Å². The maximum atomic E-state index is 14.3. The fourth-order valence-electron chi connectivity index (χ4n) is 2.08. The second kappa shape index (κ2) is 6.78. The van der Waals surface area contributed by atoms with Crippen LogP contribution < -0.4 is 10.7 Å². The first-order valence-electron chi connectivity index (χ1n) is 6.83. The number of fused-ring (bicyclic) bond motifs is 1. The molecule has 23 heavy (non-hydrogen) atoms. The summed E-state index contributed by atoms with van der Waals surface area (Å²) in [7, 11) is 0. The van der Waals surface area contributed by atoms with E-state index in [1.54, 1.807) is 6.92 Å². The molecule has 1 aromatic heterocycles. The van der Waals surface area contributed by atoms with E-state index in [0.717, 1.165) is 0 Å². The summed E-state index contributed by atoms with van der Waals surface area (Å²) in [6.45, 7) is 3.19. The number of halogens is 2. The van der Waals surface area contributed by atoms with Crippen LogP contribution in [0.1, 0.15) is 24.2 Å². The van der Waals surface area contributed by atoms with Gasteiger partial charge in [-0.2, -0.15) is 0 Å². The van der Waals surface area contributed by atoms with Gasteiger partial charge in [-0.15, -0.1) is 0 Å². The van der Waals surface area contributed by atoms with E-state index in [1.807, 2.05) is 0 Å². The number of pyridine rings is 1. The van der Waals surface area contributed by atoms with E-state index in [2.05, 4.69) is 10.3 Å². The minimum atomic E-state index is -0.876. The Morgan fingerprint density at radius 1 is 1.57 bits per heavy atom. The summed E-state index contributed by atoms with van der Waals surface area (Å²) in [4.78, 5) is 37.9. The van der Waals surface area contributed by atoms with E-state index in [9.17, 15) is 18.8 Å². The standard InChI is InChI=1S/C15H14ClFN2O4/c1-3-23-15(22)8-5-18-10-4-9(16)12(17)13(11(10)14(8)21)19-7(2)6-20/h4-7,19H,3H2,1-2H3,(H,18,21). The molecule has 0 amide bonds. The van der Waals surface area contributed by atoms with Crippen LogP contribution in [0, 0.1) is 5.82 Å². The zero-order valence-corrected chi connectivity index (χ0v) is 13.2. The van der Waals surface area contributed by atoms with E-state index in [1.165, 1.54) is 19.2 Å². The van der Waals surface area contributed by atoms with Crippen molar-refractivity contribution in [3.63, 3.8) is 0 Å². The van der Waals surface area contributed by atoms with Crippen LogP contribution in [-0.4, -0.2) is 29.9 Å². The van der Waals surface area contributed by atoms with E-state index in [4.69, 9.17) is 16.3 Å². The number of H-pyrrole nitrogens is 1. The monoisotopic (exact) mass is 340 g/mol. The molecule has 122 valence electrons. The van der Waals surface area contributed by atoms with Crippen molar-refractivity contribution in [2.75, 3.05) is 11.9 Å². The summed E-state index contributed by atoms with van der Waals surface area (Å²) in [5, 5.41) is 2.25. The van der Waals surface area contributed by atoms with Crippen LogP contribution in [0.25, 0.3) is 10.9 Å². The SMILES string of the molecule is CCOC(=O)c1c[nH]c2cc(Cl)c(F)c(NC(C)C=O)c2c1=O. The summed E-state index contributed by atoms with van der Waals surface area (Å²) in [5.74, 6) is -1.69. The molecule has 6 nitrogen and oxygen atoms in total. The van der Waals surface area contributed by atoms with Crippen molar-refractivity contribution in [2.24, 2.45) is 0 Å². The topological polar surface area (TPSA) is 88.3 Å². The molecular weight excluding hydrogens is 327 g/mol. The quantitative estimate of drug-likeness (QED) is 0.645. The summed E-state index contributed by atoms with van der Waals surface area (Å²) in [6.07, 6.45) is 1.74. The van der Waals surface area contributed by atoms with Crippen LogP contribution in [0.5, 0.6) is 0 Å². The van der Waals surface area contributed by atoms with Gasteiger partial charge in [-0.05, 0) is 19.9 Å². The Kier molecular flexibility index (Phi) is 5.00. The number of ether oxygens (including phenoxy) is 1. The maximum absolute atomic E-state index is 14.3. The second-order valence-corrected chi connectivity index (χ2v) is 5.20. The van der Waals surface area contributed by atoms with Gasteiger partial charge in [0.2, 0.25) is 5.43 Å². The number of esters is 1. The average Bonchev–Trinajstić information content (AvgIpc) is 2.51. The molecule has 1 heterocycles. The van der Waals surface area contributed by atoms with Crippen molar-refractivity contribution in [1.82, 2.24) is 4.98 Å². The highest BCUT2D eigenvalue weighted by Crippen LogP contribution is 2.30. The van der Waals surface area contributed by atoms with Crippen LogP contribution in [-0.2, 0) is 9.53 Å². The molecule has 0 fully saturated rings. The number of hydrogen-bond donors (Lipinski definition) is 2. The first kappa shape index (κ1) is 17.0. The van der Waals surface area contributed by atoms with Crippen molar-refractivity contribution in [3.05, 3.63) is 38.9 Å². The van der Waals surface area contributed by atoms with Gasteiger partial charge in [0.25, 0.3) is 0 Å². The molecule has 2 N–H and O–H groups in total. The molecule has 2 aromatic rings. The molecule has 1 unspecified atom stereocenters. The molecule has 0 radical (unpaired) electrons. The summed E-state index contributed by atoms with van der Waals surface area (Å²) in [6, 6.07) is 0.482. The fraction of sp³-hybridized carbons (Fsp3) is 0.267. The van der Waals surface area contributed by atoms with Crippen LogP contribution >= 0.6 is 11.6 Å². The fourth-order valence-corrected chi connectivity index (χ4v) is 2.29. The van der Waals surface area contributed by atoms with Crippen LogP contribution in [0.4, 0.5) is 10.1 Å². The third-order valence-corrected chi connectivity index (χ3v) is 3.41. The Morgan fingerprint density at radius 2 is 2.26 bits per heavy atom. The van der Waals surface area contributed by atoms with Gasteiger partial charge in [-0.3, -0.25) is 4.79 Å². The molecule has 1 atom stereocenters. The number of aromatic amines is 1. The Labute approximate surface area is 135 Å². The molecular formula is C15H14ClFN2O4. The Balaban J connectivity index is 2.77. The predicted octanol–water partition coefficient (Wildman–Crippen LogP) is 2.50. The first-order valence-corrected chi connectivity index (χ1v) is 7.20. The lowest BCUT2D eigenvalue weighted by atomic mass is 10.1. The van der Waals surface area contributed by atoms with Gasteiger partial charge in [0.1, 0.15) is 11.8 Å². The van der Waals surface area contributed by atoms with Gasteiger partial charge < -0.3 is 19.8 Å². The number of hydrogen-bond acceptors (Lipinski definition) is 5. The molecule has 2 rings (SSSR count). The smallest absolute Gasteiger partial charge is 0.343 e. The van der Waals surface area contributed by atoms with E-state index < -0.39 is 23.3 Å². The van der Waals surface area contributed by atoms with Crippen molar-refractivity contribution >= 4 is 40.4 Å². The molecule has 1 aromatic carbocycles. The minimum absolute atomic E-state index is 0.0958. The zero-order valence-electron chi connectivity index (χ0n) is 12.4. The molecule has 0 aliphatic rings. The van der Waals surface area contributed by atoms with E-state index in [0.29, 0.717) is 6.29 Å². The molecule has 0 bridgehead atoms. The lowest BCUT2D eigenvalue weighted by Crippen LogP contribution is -2.22. The van der Waals surface area contributed by atoms with Crippen molar-refractivity contribution in [3.8, 4) is 0 Å². The average molecular weight is 341 g/mol. The summed E-state index contributed by atoms with van der Waals surface area (Å²) >= 11 is 5.81. The Hall–Kier alpha value is -2.41. The van der Waals surface area contributed by atoms with Crippen LogP contribution in [0.15, 0.2) is 17.1 Å². The molecule has 0 saturated carbocycles. The first-order chi connectivity index (χ1) is 10.9. The van der Waals surface area contributed by atoms with E-state index in [-0.39, 0.29) is 33.8 Å². The third kappa shape index (κ3) is 3.19. The number of carbonyl (C=O) groups excluding carboxylic acids is 2.